The minimum absolute atomic E-state index is 0.0129. The summed E-state index contributed by atoms with van der Waals surface area (Å²) in [5.74, 6) is -0.105. The zero-order valence-electron chi connectivity index (χ0n) is 9.84. The van der Waals surface area contributed by atoms with Crippen molar-refractivity contribution in [2.24, 2.45) is 0 Å². The lowest BCUT2D eigenvalue weighted by Gasteiger charge is -2.32. The van der Waals surface area contributed by atoms with Gasteiger partial charge in [0.05, 0.1) is 5.88 Å². The van der Waals surface area contributed by atoms with E-state index in [0.717, 1.165) is 11.3 Å². The minimum Gasteiger partial charge on any atom is -0.326 e. The van der Waals surface area contributed by atoms with Crippen molar-refractivity contribution in [1.82, 2.24) is 0 Å². The highest BCUT2D eigenvalue weighted by Gasteiger charge is 2.32. The molecule has 0 bridgehead atoms. The molecular weight excluding hydrogens is 238 g/mol. The number of amides is 1. The quantitative estimate of drug-likeness (QED) is 0.649. The van der Waals surface area contributed by atoms with Gasteiger partial charge in [-0.3, -0.25) is 9.59 Å². The number of benzene rings is 1. The van der Waals surface area contributed by atoms with E-state index in [4.69, 9.17) is 11.6 Å². The minimum atomic E-state index is -0.250. The van der Waals surface area contributed by atoms with E-state index in [1.54, 1.807) is 12.1 Å². The molecule has 2 rings (SSSR count). The van der Waals surface area contributed by atoms with Gasteiger partial charge in [-0.25, -0.2) is 0 Å². The van der Waals surface area contributed by atoms with Crippen LogP contribution in [0.3, 0.4) is 0 Å². The maximum atomic E-state index is 11.6. The van der Waals surface area contributed by atoms with Crippen LogP contribution in [-0.2, 0) is 10.2 Å². The van der Waals surface area contributed by atoms with Crippen molar-refractivity contribution in [2.45, 2.75) is 25.7 Å². The van der Waals surface area contributed by atoms with Crippen molar-refractivity contribution in [3.63, 3.8) is 0 Å². The summed E-state index contributed by atoms with van der Waals surface area (Å²) in [5.41, 5.74) is 2.13. The van der Waals surface area contributed by atoms with Gasteiger partial charge in [0.1, 0.15) is 0 Å². The lowest BCUT2D eigenvalue weighted by atomic mass is 9.77. The first-order valence-electron chi connectivity index (χ1n) is 5.47. The molecule has 1 heterocycles. The topological polar surface area (TPSA) is 46.2 Å². The summed E-state index contributed by atoms with van der Waals surface area (Å²) >= 11 is 5.54. The van der Waals surface area contributed by atoms with Crippen LogP contribution in [0.25, 0.3) is 0 Å². The van der Waals surface area contributed by atoms with E-state index in [0.29, 0.717) is 12.0 Å². The van der Waals surface area contributed by atoms with Crippen molar-refractivity contribution in [3.05, 3.63) is 29.3 Å². The summed E-state index contributed by atoms with van der Waals surface area (Å²) < 4.78 is 0. The highest BCUT2D eigenvalue weighted by Crippen LogP contribution is 2.37. The number of carbonyl (C=O) groups excluding carboxylic acids is 2. The van der Waals surface area contributed by atoms with Gasteiger partial charge in [-0.2, -0.15) is 0 Å². The number of carbonyl (C=O) groups is 2. The Bertz CT molecular complexity index is 494. The monoisotopic (exact) mass is 251 g/mol. The Labute approximate surface area is 105 Å². The highest BCUT2D eigenvalue weighted by atomic mass is 35.5. The van der Waals surface area contributed by atoms with Gasteiger partial charge < -0.3 is 5.32 Å². The molecule has 0 unspecified atom stereocenters. The second-order valence-corrected chi connectivity index (χ2v) is 5.19. The zero-order valence-corrected chi connectivity index (χ0v) is 10.6. The molecule has 0 aromatic heterocycles. The van der Waals surface area contributed by atoms with Crippen LogP contribution in [0.5, 0.6) is 0 Å². The van der Waals surface area contributed by atoms with E-state index in [-0.39, 0.29) is 23.0 Å². The molecule has 4 heteroatoms. The van der Waals surface area contributed by atoms with E-state index < -0.39 is 0 Å². The lowest BCUT2D eigenvalue weighted by molar-refractivity contribution is -0.117. The summed E-state index contributed by atoms with van der Waals surface area (Å²) in [6.07, 6.45) is 0.429. The third-order valence-electron chi connectivity index (χ3n) is 3.07. The number of fused-ring (bicyclic) bond motifs is 1. The maximum absolute atomic E-state index is 11.6. The molecule has 0 saturated carbocycles. The van der Waals surface area contributed by atoms with Crippen molar-refractivity contribution >= 4 is 29.0 Å². The fraction of sp³-hybridized carbons (Fsp3) is 0.385. The molecule has 1 aliphatic rings. The Kier molecular flexibility index (Phi) is 2.96. The first-order chi connectivity index (χ1) is 7.94. The number of alkyl halides is 1. The normalized spacial score (nSPS) is 17.2. The average molecular weight is 252 g/mol. The Hall–Kier alpha value is -1.35. The van der Waals surface area contributed by atoms with E-state index in [1.165, 1.54) is 0 Å². The molecule has 90 valence electrons. The summed E-state index contributed by atoms with van der Waals surface area (Å²) in [6, 6.07) is 5.30. The number of Topliss-reactive ketones (excluding diaryl/α,β-unsaturated/α-hetero) is 1. The number of anilines is 1. The number of halogens is 1. The van der Waals surface area contributed by atoms with Crippen LogP contribution < -0.4 is 5.32 Å². The van der Waals surface area contributed by atoms with Crippen LogP contribution in [0.4, 0.5) is 5.69 Å². The molecule has 3 nitrogen and oxygen atoms in total. The Balaban J connectivity index is 2.51. The molecule has 1 aromatic carbocycles. The van der Waals surface area contributed by atoms with Gasteiger partial charge in [-0.05, 0) is 23.8 Å². The Morgan fingerprint density at radius 2 is 2.18 bits per heavy atom. The second-order valence-electron chi connectivity index (χ2n) is 4.93. The van der Waals surface area contributed by atoms with Crippen molar-refractivity contribution in [1.29, 1.82) is 0 Å². The van der Waals surface area contributed by atoms with Gasteiger partial charge >= 0.3 is 0 Å². The molecular formula is C13H14ClNO2. The van der Waals surface area contributed by atoms with Crippen molar-refractivity contribution < 1.29 is 9.59 Å². The van der Waals surface area contributed by atoms with E-state index in [2.05, 4.69) is 5.32 Å². The summed E-state index contributed by atoms with van der Waals surface area (Å²) in [5, 5.41) is 2.82. The predicted octanol–water partition coefficient (Wildman–Crippen LogP) is 2.73. The van der Waals surface area contributed by atoms with E-state index in [9.17, 15) is 9.59 Å². The second kappa shape index (κ2) is 4.15. The molecule has 0 saturated heterocycles. The van der Waals surface area contributed by atoms with Gasteiger partial charge in [-0.1, -0.05) is 13.8 Å². The molecule has 1 aromatic rings. The maximum Gasteiger partial charge on any atom is 0.225 e. The van der Waals surface area contributed by atoms with Crippen LogP contribution in [0.1, 0.15) is 36.2 Å². The van der Waals surface area contributed by atoms with E-state index in [1.807, 2.05) is 19.9 Å². The molecule has 0 spiro atoms. The molecule has 0 atom stereocenters. The van der Waals surface area contributed by atoms with E-state index >= 15 is 0 Å². The highest BCUT2D eigenvalue weighted by molar-refractivity contribution is 6.30. The molecule has 0 fully saturated rings. The third kappa shape index (κ3) is 2.20. The lowest BCUT2D eigenvalue weighted by Crippen LogP contribution is -2.32. The first kappa shape index (κ1) is 12.1. The van der Waals surface area contributed by atoms with Crippen molar-refractivity contribution in [2.75, 3.05) is 11.2 Å². The third-order valence-corrected chi connectivity index (χ3v) is 3.31. The smallest absolute Gasteiger partial charge is 0.225 e. The van der Waals surface area contributed by atoms with Crippen LogP contribution in [-0.4, -0.2) is 17.6 Å². The van der Waals surface area contributed by atoms with Gasteiger partial charge in [-0.15, -0.1) is 11.6 Å². The number of hydrogen-bond acceptors (Lipinski definition) is 2. The number of ketones is 1. The van der Waals surface area contributed by atoms with Gasteiger partial charge in [0.15, 0.2) is 5.78 Å². The summed E-state index contributed by atoms with van der Waals surface area (Å²) in [6.45, 7) is 4.00. The number of rotatable bonds is 2. The fourth-order valence-electron chi connectivity index (χ4n) is 2.15. The van der Waals surface area contributed by atoms with Crippen LogP contribution in [0.2, 0.25) is 0 Å². The van der Waals surface area contributed by atoms with Gasteiger partial charge in [0, 0.05) is 23.1 Å². The Morgan fingerprint density at radius 3 is 2.82 bits per heavy atom. The largest absolute Gasteiger partial charge is 0.326 e. The molecule has 17 heavy (non-hydrogen) atoms. The van der Waals surface area contributed by atoms with Crippen molar-refractivity contribution in [3.8, 4) is 0 Å². The molecule has 0 radical (unpaired) electrons. The molecule has 1 N–H and O–H groups in total. The van der Waals surface area contributed by atoms with Gasteiger partial charge in [0.25, 0.3) is 0 Å². The Morgan fingerprint density at radius 1 is 1.47 bits per heavy atom. The summed E-state index contributed by atoms with van der Waals surface area (Å²) in [7, 11) is 0. The standard InChI is InChI=1S/C13H14ClNO2/c1-13(2)6-12(17)15-10-4-3-8(5-9(10)13)11(16)7-14/h3-5H,6-7H2,1-2H3,(H,15,17). The summed E-state index contributed by atoms with van der Waals surface area (Å²) in [4.78, 5) is 23.1. The molecule has 1 amide bonds. The van der Waals surface area contributed by atoms with Crippen LogP contribution in [0.15, 0.2) is 18.2 Å². The number of hydrogen-bond donors (Lipinski definition) is 1. The molecule has 1 aliphatic heterocycles. The van der Waals surface area contributed by atoms with Crippen LogP contribution >= 0.6 is 11.6 Å². The predicted molar refractivity (Wildman–Crippen MR) is 67.8 cm³/mol. The SMILES string of the molecule is CC1(C)CC(=O)Nc2ccc(C(=O)CCl)cc21. The van der Waals surface area contributed by atoms with Gasteiger partial charge in [0.2, 0.25) is 5.91 Å². The first-order valence-corrected chi connectivity index (χ1v) is 6.01. The zero-order chi connectivity index (χ0) is 12.6. The number of nitrogens with one attached hydrogen (secondary N) is 1. The average Bonchev–Trinajstić information content (AvgIpc) is 2.26. The molecule has 0 aliphatic carbocycles. The van der Waals surface area contributed by atoms with Crippen LogP contribution in [0, 0.1) is 0 Å². The fourth-order valence-corrected chi connectivity index (χ4v) is 2.31.